The number of nitrogens with zero attached hydrogens (tertiary/aromatic N) is 1. The molecule has 5 rings (SSSR count). The largest absolute Gasteiger partial charge is 0.396 e. The lowest BCUT2D eigenvalue weighted by Crippen LogP contribution is -2.56. The predicted octanol–water partition coefficient (Wildman–Crippen LogP) is 2.59. The van der Waals surface area contributed by atoms with Crippen molar-refractivity contribution in [2.45, 2.75) is 63.9 Å². The summed E-state index contributed by atoms with van der Waals surface area (Å²) in [6.07, 6.45) is 10.6. The maximum Gasteiger partial charge on any atom is 0.228 e. The van der Waals surface area contributed by atoms with E-state index in [1.807, 2.05) is 0 Å². The monoisotopic (exact) mass is 321 g/mol. The van der Waals surface area contributed by atoms with Crippen LogP contribution in [0.2, 0.25) is 0 Å². The molecule has 4 heteroatoms. The molecule has 1 saturated heterocycles. The summed E-state index contributed by atoms with van der Waals surface area (Å²) in [6.45, 7) is 2.57. The summed E-state index contributed by atoms with van der Waals surface area (Å²) in [7, 11) is 0. The SMILES string of the molecule is O=C(N1CCC(OCCCO)CC1)C12CC3CC(CC(C3)C1)C2. The number of hydrogen-bond donors (Lipinski definition) is 1. The highest BCUT2D eigenvalue weighted by molar-refractivity contribution is 5.83. The first kappa shape index (κ1) is 15.9. The molecule has 0 aromatic heterocycles. The van der Waals surface area contributed by atoms with E-state index in [1.54, 1.807) is 0 Å². The minimum atomic E-state index is 0.0132. The fourth-order valence-electron chi connectivity index (χ4n) is 6.25. The highest BCUT2D eigenvalue weighted by Crippen LogP contribution is 2.60. The zero-order chi connectivity index (χ0) is 15.9. The topological polar surface area (TPSA) is 49.8 Å². The summed E-state index contributed by atoms with van der Waals surface area (Å²) in [5, 5.41) is 8.83. The lowest BCUT2D eigenvalue weighted by atomic mass is 9.49. The van der Waals surface area contributed by atoms with Gasteiger partial charge in [0.25, 0.3) is 0 Å². The molecule has 5 aliphatic rings. The fraction of sp³-hybridized carbons (Fsp3) is 0.947. The van der Waals surface area contributed by atoms with Gasteiger partial charge >= 0.3 is 0 Å². The van der Waals surface area contributed by atoms with E-state index in [-0.39, 0.29) is 18.1 Å². The van der Waals surface area contributed by atoms with Gasteiger partial charge in [-0.1, -0.05) is 0 Å². The zero-order valence-corrected chi connectivity index (χ0v) is 14.2. The third kappa shape index (κ3) is 3.05. The number of piperidine rings is 1. The van der Waals surface area contributed by atoms with Crippen molar-refractivity contribution < 1.29 is 14.6 Å². The van der Waals surface area contributed by atoms with Gasteiger partial charge in [0.2, 0.25) is 5.91 Å². The van der Waals surface area contributed by atoms with Gasteiger partial charge in [-0.3, -0.25) is 4.79 Å². The fourth-order valence-corrected chi connectivity index (χ4v) is 6.25. The Hall–Kier alpha value is -0.610. The third-order valence-corrected chi connectivity index (χ3v) is 6.88. The van der Waals surface area contributed by atoms with Crippen LogP contribution in [0, 0.1) is 23.2 Å². The molecule has 0 unspecified atom stereocenters. The lowest BCUT2D eigenvalue weighted by molar-refractivity contribution is -0.160. The van der Waals surface area contributed by atoms with Crippen molar-refractivity contribution in [2.75, 3.05) is 26.3 Å². The van der Waals surface area contributed by atoms with Gasteiger partial charge in [-0.15, -0.1) is 0 Å². The van der Waals surface area contributed by atoms with E-state index >= 15 is 0 Å². The van der Waals surface area contributed by atoms with Crippen molar-refractivity contribution >= 4 is 5.91 Å². The number of ether oxygens (including phenoxy) is 1. The van der Waals surface area contributed by atoms with Crippen LogP contribution in [0.15, 0.2) is 0 Å². The maximum absolute atomic E-state index is 13.3. The first-order valence-electron chi connectivity index (χ1n) is 9.70. The molecule has 0 aromatic rings. The Balaban J connectivity index is 1.34. The number of amides is 1. The van der Waals surface area contributed by atoms with E-state index < -0.39 is 0 Å². The first-order valence-corrected chi connectivity index (χ1v) is 9.70. The van der Waals surface area contributed by atoms with Gasteiger partial charge in [0, 0.05) is 26.3 Å². The second kappa shape index (κ2) is 6.36. The molecule has 0 radical (unpaired) electrons. The molecule has 1 aliphatic heterocycles. The number of likely N-dealkylation sites (tertiary alicyclic amines) is 1. The molecule has 4 bridgehead atoms. The molecule has 4 aliphatic carbocycles. The molecule has 130 valence electrons. The van der Waals surface area contributed by atoms with Gasteiger partial charge in [-0.05, 0) is 75.5 Å². The minimum Gasteiger partial charge on any atom is -0.396 e. The van der Waals surface area contributed by atoms with Crippen LogP contribution in [-0.2, 0) is 9.53 Å². The number of carbonyl (C=O) groups is 1. The molecule has 1 heterocycles. The van der Waals surface area contributed by atoms with Gasteiger partial charge < -0.3 is 14.7 Å². The second-order valence-electron chi connectivity index (χ2n) is 8.64. The molecule has 1 N–H and O–H groups in total. The number of carbonyl (C=O) groups excluding carboxylic acids is 1. The van der Waals surface area contributed by atoms with E-state index in [2.05, 4.69) is 4.90 Å². The summed E-state index contributed by atoms with van der Waals surface area (Å²) in [5.74, 6) is 2.99. The predicted molar refractivity (Wildman–Crippen MR) is 87.9 cm³/mol. The number of hydrogen-bond acceptors (Lipinski definition) is 3. The molecule has 5 fully saturated rings. The summed E-state index contributed by atoms with van der Waals surface area (Å²) in [6, 6.07) is 0. The van der Waals surface area contributed by atoms with Gasteiger partial charge in [0.05, 0.1) is 11.5 Å². The van der Waals surface area contributed by atoms with Crippen LogP contribution in [0.5, 0.6) is 0 Å². The maximum atomic E-state index is 13.3. The number of aliphatic hydroxyl groups is 1. The van der Waals surface area contributed by atoms with Crippen LogP contribution in [-0.4, -0.2) is 48.3 Å². The molecule has 0 spiro atoms. The normalized spacial score (nSPS) is 39.9. The quantitative estimate of drug-likeness (QED) is 0.792. The van der Waals surface area contributed by atoms with Gasteiger partial charge in [0.1, 0.15) is 0 Å². The van der Waals surface area contributed by atoms with Gasteiger partial charge in [-0.25, -0.2) is 0 Å². The van der Waals surface area contributed by atoms with Crippen LogP contribution < -0.4 is 0 Å². The van der Waals surface area contributed by atoms with Crippen molar-refractivity contribution in [2.24, 2.45) is 23.2 Å². The lowest BCUT2D eigenvalue weighted by Gasteiger charge is -2.57. The van der Waals surface area contributed by atoms with Gasteiger partial charge in [0.15, 0.2) is 0 Å². The Labute approximate surface area is 139 Å². The average molecular weight is 321 g/mol. The van der Waals surface area contributed by atoms with E-state index in [4.69, 9.17) is 9.84 Å². The Morgan fingerprint density at radius 1 is 1.04 bits per heavy atom. The Kier molecular flexibility index (Phi) is 4.39. The van der Waals surface area contributed by atoms with E-state index in [9.17, 15) is 4.79 Å². The minimum absolute atomic E-state index is 0.0132. The molecule has 0 aromatic carbocycles. The highest BCUT2D eigenvalue weighted by Gasteiger charge is 2.55. The van der Waals surface area contributed by atoms with Crippen LogP contribution in [0.4, 0.5) is 0 Å². The zero-order valence-electron chi connectivity index (χ0n) is 14.2. The molecule has 4 nitrogen and oxygen atoms in total. The van der Waals surface area contributed by atoms with Crippen molar-refractivity contribution in [3.05, 3.63) is 0 Å². The number of rotatable bonds is 5. The first-order chi connectivity index (χ1) is 11.2. The summed E-state index contributed by atoms with van der Waals surface area (Å²) in [4.78, 5) is 15.4. The smallest absolute Gasteiger partial charge is 0.228 e. The van der Waals surface area contributed by atoms with Crippen LogP contribution >= 0.6 is 0 Å². The summed E-state index contributed by atoms with van der Waals surface area (Å²) < 4.78 is 5.80. The number of aliphatic hydroxyl groups excluding tert-OH is 1. The standard InChI is InChI=1S/C19H31NO3/c21-6-1-7-23-17-2-4-20(5-3-17)18(22)19-11-14-8-15(12-19)10-16(9-14)13-19/h14-17,21H,1-13H2. The molecule has 4 saturated carbocycles. The molecular weight excluding hydrogens is 290 g/mol. The Bertz CT molecular complexity index is 407. The van der Waals surface area contributed by atoms with E-state index in [1.165, 1.54) is 38.5 Å². The van der Waals surface area contributed by atoms with Crippen molar-refractivity contribution in [3.8, 4) is 0 Å². The molecule has 1 amide bonds. The van der Waals surface area contributed by atoms with Gasteiger partial charge in [-0.2, -0.15) is 0 Å². The third-order valence-electron chi connectivity index (χ3n) is 6.88. The van der Waals surface area contributed by atoms with Crippen LogP contribution in [0.3, 0.4) is 0 Å². The second-order valence-corrected chi connectivity index (χ2v) is 8.64. The summed E-state index contributed by atoms with van der Waals surface area (Å²) in [5.41, 5.74) is 0.0132. The Morgan fingerprint density at radius 2 is 1.61 bits per heavy atom. The molecule has 23 heavy (non-hydrogen) atoms. The highest BCUT2D eigenvalue weighted by atomic mass is 16.5. The molecule has 0 atom stereocenters. The van der Waals surface area contributed by atoms with Crippen LogP contribution in [0.25, 0.3) is 0 Å². The van der Waals surface area contributed by atoms with E-state index in [0.29, 0.717) is 18.9 Å². The van der Waals surface area contributed by atoms with Crippen molar-refractivity contribution in [1.29, 1.82) is 0 Å². The average Bonchev–Trinajstić information content (AvgIpc) is 2.54. The Morgan fingerprint density at radius 3 is 2.13 bits per heavy atom. The van der Waals surface area contributed by atoms with E-state index in [0.717, 1.165) is 43.7 Å². The van der Waals surface area contributed by atoms with Crippen LogP contribution in [0.1, 0.15) is 57.8 Å². The molecular formula is C19H31NO3. The summed E-state index contributed by atoms with van der Waals surface area (Å²) >= 11 is 0. The van der Waals surface area contributed by atoms with Crippen molar-refractivity contribution in [1.82, 2.24) is 4.90 Å². The van der Waals surface area contributed by atoms with Crippen molar-refractivity contribution in [3.63, 3.8) is 0 Å².